The maximum absolute atomic E-state index is 13.9. The fourth-order valence-electron chi connectivity index (χ4n) is 4.99. The van der Waals surface area contributed by atoms with E-state index in [4.69, 9.17) is 4.74 Å². The molecule has 0 aliphatic carbocycles. The Kier molecular flexibility index (Phi) is 4.03. The lowest BCUT2D eigenvalue weighted by Crippen LogP contribution is -2.61. The first-order valence-electron chi connectivity index (χ1n) is 10.2. The van der Waals surface area contributed by atoms with Crippen LogP contribution in [0.5, 0.6) is 5.75 Å². The van der Waals surface area contributed by atoms with Gasteiger partial charge in [0.05, 0.1) is 12.8 Å². The fraction of sp³-hybridized carbons (Fsp3) is 0.304. The summed E-state index contributed by atoms with van der Waals surface area (Å²) in [5.41, 5.74) is 3.18. The molecular weight excluding hydrogens is 380 g/mol. The number of amides is 3. The van der Waals surface area contributed by atoms with Crippen LogP contribution in [-0.4, -0.2) is 49.1 Å². The molecule has 7 heteroatoms. The Morgan fingerprint density at radius 3 is 2.83 bits per heavy atom. The number of carbonyl (C=O) groups excluding carboxylic acids is 2. The minimum atomic E-state index is -1.22. The molecule has 0 radical (unpaired) electrons. The molecule has 5 rings (SSSR count). The highest BCUT2D eigenvalue weighted by Gasteiger charge is 2.60. The van der Waals surface area contributed by atoms with Crippen molar-refractivity contribution in [3.8, 4) is 5.75 Å². The van der Waals surface area contributed by atoms with Gasteiger partial charge in [0.15, 0.2) is 5.54 Å². The third-order valence-corrected chi connectivity index (χ3v) is 6.31. The lowest BCUT2D eigenvalue weighted by Gasteiger charge is -2.43. The quantitative estimate of drug-likeness (QED) is 0.689. The summed E-state index contributed by atoms with van der Waals surface area (Å²) in [5.74, 6) is 0.634. The number of H-pyrrole nitrogens is 1. The molecule has 1 aromatic heterocycles. The van der Waals surface area contributed by atoms with Crippen LogP contribution in [0.4, 0.5) is 10.5 Å². The highest BCUT2D eigenvalue weighted by Crippen LogP contribution is 2.51. The van der Waals surface area contributed by atoms with Crippen LogP contribution in [0.3, 0.4) is 0 Å². The SMILES string of the molecule is CCNC(=O)N1CCc2c([nH]c3ccc(OC)cc23)[C@]12C(=O)N(C)c1ccccc12. The summed E-state index contributed by atoms with van der Waals surface area (Å²) in [4.78, 5) is 33.9. The molecule has 3 amide bonds. The van der Waals surface area contributed by atoms with Gasteiger partial charge in [-0.05, 0) is 43.2 Å². The van der Waals surface area contributed by atoms with Crippen LogP contribution in [0.15, 0.2) is 42.5 Å². The maximum Gasteiger partial charge on any atom is 0.318 e. The molecule has 2 N–H and O–H groups in total. The molecule has 154 valence electrons. The number of hydrogen-bond acceptors (Lipinski definition) is 3. The van der Waals surface area contributed by atoms with Crippen LogP contribution < -0.4 is 15.0 Å². The molecule has 1 spiro atoms. The van der Waals surface area contributed by atoms with E-state index in [-0.39, 0.29) is 11.9 Å². The minimum Gasteiger partial charge on any atom is -0.497 e. The van der Waals surface area contributed by atoms with Crippen molar-refractivity contribution >= 4 is 28.5 Å². The molecule has 0 unspecified atom stereocenters. The second-order valence-electron chi connectivity index (χ2n) is 7.72. The van der Waals surface area contributed by atoms with Crippen molar-refractivity contribution in [1.29, 1.82) is 0 Å². The van der Waals surface area contributed by atoms with E-state index in [0.29, 0.717) is 19.5 Å². The summed E-state index contributed by atoms with van der Waals surface area (Å²) in [6.45, 7) is 2.82. The van der Waals surface area contributed by atoms with Gasteiger partial charge in [-0.1, -0.05) is 18.2 Å². The summed E-state index contributed by atoms with van der Waals surface area (Å²) in [5, 5.41) is 3.92. The summed E-state index contributed by atoms with van der Waals surface area (Å²) < 4.78 is 5.42. The molecule has 2 aliphatic rings. The van der Waals surface area contributed by atoms with Crippen LogP contribution in [0.25, 0.3) is 10.9 Å². The van der Waals surface area contributed by atoms with Gasteiger partial charge in [0.1, 0.15) is 5.75 Å². The zero-order valence-electron chi connectivity index (χ0n) is 17.3. The minimum absolute atomic E-state index is 0.130. The Hall–Kier alpha value is -3.48. The van der Waals surface area contributed by atoms with Crippen LogP contribution in [0.1, 0.15) is 23.7 Å². The van der Waals surface area contributed by atoms with E-state index in [1.54, 1.807) is 24.0 Å². The van der Waals surface area contributed by atoms with E-state index >= 15 is 0 Å². The first-order valence-corrected chi connectivity index (χ1v) is 10.2. The number of hydrogen-bond donors (Lipinski definition) is 2. The van der Waals surface area contributed by atoms with Crippen molar-refractivity contribution in [2.45, 2.75) is 18.9 Å². The first kappa shape index (κ1) is 18.5. The zero-order valence-corrected chi connectivity index (χ0v) is 17.3. The molecular formula is C23H24N4O3. The molecule has 0 saturated carbocycles. The number of likely N-dealkylation sites (N-methyl/N-ethyl adjacent to an activating group) is 1. The van der Waals surface area contributed by atoms with Gasteiger partial charge in [0.2, 0.25) is 0 Å². The summed E-state index contributed by atoms with van der Waals surface area (Å²) in [6.07, 6.45) is 0.653. The molecule has 7 nitrogen and oxygen atoms in total. The highest BCUT2D eigenvalue weighted by atomic mass is 16.5. The average Bonchev–Trinajstić information content (AvgIpc) is 3.24. The van der Waals surface area contributed by atoms with E-state index in [1.807, 2.05) is 49.4 Å². The number of methoxy groups -OCH3 is 1. The maximum atomic E-state index is 13.9. The number of benzene rings is 2. The van der Waals surface area contributed by atoms with Crippen molar-refractivity contribution in [3.05, 3.63) is 59.3 Å². The number of fused-ring (bicyclic) bond motifs is 6. The van der Waals surface area contributed by atoms with Crippen LogP contribution in [0.2, 0.25) is 0 Å². The molecule has 0 bridgehead atoms. The molecule has 30 heavy (non-hydrogen) atoms. The number of nitrogens with one attached hydrogen (secondary N) is 2. The number of para-hydroxylation sites is 1. The molecule has 2 aromatic carbocycles. The van der Waals surface area contributed by atoms with Gasteiger partial charge in [0, 0.05) is 42.3 Å². The van der Waals surface area contributed by atoms with E-state index in [9.17, 15) is 9.59 Å². The largest absolute Gasteiger partial charge is 0.497 e. The predicted octanol–water partition coefficient (Wildman–Crippen LogP) is 2.98. The van der Waals surface area contributed by atoms with Gasteiger partial charge in [-0.25, -0.2) is 4.79 Å². The van der Waals surface area contributed by atoms with Crippen molar-refractivity contribution in [3.63, 3.8) is 0 Å². The van der Waals surface area contributed by atoms with Crippen LogP contribution in [-0.2, 0) is 16.8 Å². The highest BCUT2D eigenvalue weighted by molar-refractivity contribution is 6.12. The number of rotatable bonds is 2. The van der Waals surface area contributed by atoms with Gasteiger partial charge in [0.25, 0.3) is 5.91 Å². The van der Waals surface area contributed by atoms with Crippen molar-refractivity contribution in [1.82, 2.24) is 15.2 Å². The van der Waals surface area contributed by atoms with Gasteiger partial charge in [-0.2, -0.15) is 0 Å². The number of nitrogens with zero attached hydrogens (tertiary/aromatic N) is 2. The second-order valence-corrected chi connectivity index (χ2v) is 7.72. The molecule has 3 aromatic rings. The molecule has 2 aliphatic heterocycles. The van der Waals surface area contributed by atoms with Gasteiger partial charge < -0.3 is 24.8 Å². The number of ether oxygens (including phenoxy) is 1. The summed E-state index contributed by atoms with van der Waals surface area (Å²) in [7, 11) is 3.41. The van der Waals surface area contributed by atoms with E-state index in [1.165, 1.54) is 0 Å². The smallest absolute Gasteiger partial charge is 0.318 e. The number of anilines is 1. The van der Waals surface area contributed by atoms with E-state index < -0.39 is 5.54 Å². The van der Waals surface area contributed by atoms with Crippen molar-refractivity contribution in [2.24, 2.45) is 0 Å². The van der Waals surface area contributed by atoms with Crippen LogP contribution in [0, 0.1) is 0 Å². The summed E-state index contributed by atoms with van der Waals surface area (Å²) >= 11 is 0. The third-order valence-electron chi connectivity index (χ3n) is 6.31. The van der Waals surface area contributed by atoms with Gasteiger partial charge >= 0.3 is 6.03 Å². The third kappa shape index (κ3) is 2.20. The molecule has 1 atom stereocenters. The Bertz CT molecular complexity index is 1180. The summed E-state index contributed by atoms with van der Waals surface area (Å²) in [6, 6.07) is 13.3. The number of aromatic nitrogens is 1. The number of urea groups is 1. The van der Waals surface area contributed by atoms with E-state index in [2.05, 4.69) is 10.3 Å². The number of aromatic amines is 1. The predicted molar refractivity (Wildman–Crippen MR) is 115 cm³/mol. The molecule has 0 fully saturated rings. The monoisotopic (exact) mass is 404 g/mol. The Morgan fingerprint density at radius 1 is 1.27 bits per heavy atom. The molecule has 0 saturated heterocycles. The second kappa shape index (κ2) is 6.52. The molecule has 3 heterocycles. The Labute approximate surface area is 174 Å². The van der Waals surface area contributed by atoms with Crippen molar-refractivity contribution < 1.29 is 14.3 Å². The lowest BCUT2D eigenvalue weighted by molar-refractivity contribution is -0.126. The Morgan fingerprint density at radius 2 is 2.07 bits per heavy atom. The standard InChI is InChI=1S/C23H24N4O3/c1-4-24-22(29)27-12-11-15-16-13-14(30-3)9-10-18(16)25-20(15)23(27)17-7-5-6-8-19(17)26(2)21(23)28/h5-10,13,25H,4,11-12H2,1-3H3,(H,24,29)/t23-/m1/s1. The van der Waals surface area contributed by atoms with E-state index in [0.717, 1.165) is 39.2 Å². The normalized spacial score (nSPS) is 19.9. The number of carbonyl (C=O) groups is 2. The van der Waals surface area contributed by atoms with Gasteiger partial charge in [-0.3, -0.25) is 4.79 Å². The zero-order chi connectivity index (χ0) is 21.0. The van der Waals surface area contributed by atoms with Crippen molar-refractivity contribution in [2.75, 3.05) is 32.1 Å². The topological polar surface area (TPSA) is 77.7 Å². The average molecular weight is 404 g/mol. The fourth-order valence-corrected chi connectivity index (χ4v) is 4.99. The first-order chi connectivity index (χ1) is 14.5. The van der Waals surface area contributed by atoms with Gasteiger partial charge in [-0.15, -0.1) is 0 Å². The lowest BCUT2D eigenvalue weighted by atomic mass is 9.80. The Balaban J connectivity index is 1.84. The van der Waals surface area contributed by atoms with Crippen LogP contribution >= 0.6 is 0 Å².